The molecule has 0 aliphatic carbocycles. The van der Waals surface area contributed by atoms with Crippen molar-refractivity contribution >= 4 is 17.4 Å². The summed E-state index contributed by atoms with van der Waals surface area (Å²) in [4.78, 5) is 17.6. The second-order valence-corrected chi connectivity index (χ2v) is 7.62. The quantitative estimate of drug-likeness (QED) is 0.794. The SMILES string of the molecule is CC12CN3CC(C)(CN(C1)C3c1ccc(Cl)cc1)C2=O. The normalized spacial score (nSPS) is 46.0. The van der Waals surface area contributed by atoms with Crippen LogP contribution in [0, 0.1) is 10.8 Å². The second kappa shape index (κ2) is 3.85. The van der Waals surface area contributed by atoms with E-state index >= 15 is 0 Å². The van der Waals surface area contributed by atoms with Gasteiger partial charge in [-0.05, 0) is 17.7 Å². The van der Waals surface area contributed by atoms with Gasteiger partial charge in [0, 0.05) is 31.2 Å². The Kier molecular flexibility index (Phi) is 2.46. The van der Waals surface area contributed by atoms with Crippen LogP contribution in [0.2, 0.25) is 5.02 Å². The van der Waals surface area contributed by atoms with Crippen molar-refractivity contribution in [2.24, 2.45) is 10.8 Å². The molecular formula is C16H19ClN2O. The Labute approximate surface area is 124 Å². The molecule has 1 aromatic rings. The van der Waals surface area contributed by atoms with Crippen LogP contribution in [-0.4, -0.2) is 41.8 Å². The van der Waals surface area contributed by atoms with E-state index < -0.39 is 0 Å². The van der Waals surface area contributed by atoms with Crippen LogP contribution in [0.3, 0.4) is 0 Å². The van der Waals surface area contributed by atoms with Gasteiger partial charge in [0.05, 0.1) is 17.0 Å². The summed E-state index contributed by atoms with van der Waals surface area (Å²) in [5.41, 5.74) is 0.912. The van der Waals surface area contributed by atoms with Gasteiger partial charge in [0.1, 0.15) is 5.78 Å². The van der Waals surface area contributed by atoms with Crippen molar-refractivity contribution in [2.75, 3.05) is 26.2 Å². The molecule has 0 amide bonds. The Hall–Kier alpha value is -0.900. The summed E-state index contributed by atoms with van der Waals surface area (Å²) in [6.45, 7) is 7.78. The Balaban J connectivity index is 1.74. The number of ketones is 1. The van der Waals surface area contributed by atoms with E-state index in [0.717, 1.165) is 31.2 Å². The number of carbonyl (C=O) groups is 1. The summed E-state index contributed by atoms with van der Waals surface area (Å²) >= 11 is 5.99. The minimum absolute atomic E-state index is 0.186. The van der Waals surface area contributed by atoms with E-state index in [0.29, 0.717) is 11.9 Å². The monoisotopic (exact) mass is 290 g/mol. The van der Waals surface area contributed by atoms with Crippen molar-refractivity contribution in [3.63, 3.8) is 0 Å². The maximum absolute atomic E-state index is 12.6. The van der Waals surface area contributed by atoms with Crippen molar-refractivity contribution < 1.29 is 4.79 Å². The van der Waals surface area contributed by atoms with Crippen molar-refractivity contribution in [1.29, 1.82) is 0 Å². The smallest absolute Gasteiger partial charge is 0.149 e. The minimum Gasteiger partial charge on any atom is -0.298 e. The molecule has 4 fully saturated rings. The summed E-state index contributed by atoms with van der Waals surface area (Å²) in [7, 11) is 0. The van der Waals surface area contributed by atoms with E-state index in [1.54, 1.807) is 0 Å². The molecule has 0 saturated carbocycles. The number of rotatable bonds is 1. The highest BCUT2D eigenvalue weighted by molar-refractivity contribution is 6.30. The van der Waals surface area contributed by atoms with Crippen molar-refractivity contribution in [3.05, 3.63) is 34.9 Å². The van der Waals surface area contributed by atoms with Crippen LogP contribution in [0.25, 0.3) is 0 Å². The Morgan fingerprint density at radius 3 is 1.90 bits per heavy atom. The van der Waals surface area contributed by atoms with E-state index in [2.05, 4.69) is 35.8 Å². The molecule has 0 radical (unpaired) electrons. The van der Waals surface area contributed by atoms with E-state index in [1.807, 2.05) is 12.1 Å². The lowest BCUT2D eigenvalue weighted by atomic mass is 9.62. The molecule has 4 aliphatic heterocycles. The zero-order chi connectivity index (χ0) is 14.1. The summed E-state index contributed by atoms with van der Waals surface area (Å²) in [6.07, 6.45) is 0.307. The van der Waals surface area contributed by atoms with Gasteiger partial charge in [-0.3, -0.25) is 14.6 Å². The molecule has 0 spiro atoms. The first-order valence-electron chi connectivity index (χ1n) is 7.20. The van der Waals surface area contributed by atoms with Crippen LogP contribution in [0.5, 0.6) is 0 Å². The Morgan fingerprint density at radius 1 is 1.00 bits per heavy atom. The van der Waals surface area contributed by atoms with E-state index in [-0.39, 0.29) is 10.8 Å². The molecule has 4 saturated heterocycles. The predicted octanol–water partition coefficient (Wildman–Crippen LogP) is 2.57. The van der Waals surface area contributed by atoms with E-state index in [1.165, 1.54) is 5.56 Å². The number of benzene rings is 1. The largest absolute Gasteiger partial charge is 0.298 e. The average Bonchev–Trinajstić information content (AvgIpc) is 2.36. The van der Waals surface area contributed by atoms with E-state index in [4.69, 9.17) is 11.6 Å². The van der Waals surface area contributed by atoms with Crippen molar-refractivity contribution in [3.8, 4) is 0 Å². The van der Waals surface area contributed by atoms with Crippen molar-refractivity contribution in [1.82, 2.24) is 9.80 Å². The number of Topliss-reactive ketones (excluding diaryl/α,β-unsaturated/α-hetero) is 1. The number of carbonyl (C=O) groups excluding carboxylic acids is 1. The molecule has 0 aromatic heterocycles. The van der Waals surface area contributed by atoms with Gasteiger partial charge >= 0.3 is 0 Å². The summed E-state index contributed by atoms with van der Waals surface area (Å²) in [5, 5.41) is 0.775. The minimum atomic E-state index is -0.186. The summed E-state index contributed by atoms with van der Waals surface area (Å²) in [6, 6.07) is 8.14. The van der Waals surface area contributed by atoms with Crippen LogP contribution in [0.15, 0.2) is 24.3 Å². The summed E-state index contributed by atoms with van der Waals surface area (Å²) in [5.74, 6) is 0.465. The topological polar surface area (TPSA) is 23.6 Å². The predicted molar refractivity (Wildman–Crippen MR) is 78.6 cm³/mol. The standard InChI is InChI=1S/C16H19ClN2O/c1-15-7-18-9-16(2,14(15)20)10-19(8-15)13(18)11-3-5-12(17)6-4-11/h3-6,13H,7-10H2,1-2H3. The fraction of sp³-hybridized carbons (Fsp3) is 0.562. The molecule has 0 unspecified atom stereocenters. The lowest BCUT2D eigenvalue weighted by molar-refractivity contribution is -0.197. The maximum atomic E-state index is 12.6. The van der Waals surface area contributed by atoms with Gasteiger partial charge in [-0.1, -0.05) is 37.6 Å². The number of hydrogen-bond donors (Lipinski definition) is 0. The first-order valence-corrected chi connectivity index (χ1v) is 7.58. The molecule has 106 valence electrons. The molecule has 20 heavy (non-hydrogen) atoms. The third kappa shape index (κ3) is 1.57. The Morgan fingerprint density at radius 2 is 1.45 bits per heavy atom. The van der Waals surface area contributed by atoms with Crippen molar-refractivity contribution in [2.45, 2.75) is 20.0 Å². The maximum Gasteiger partial charge on any atom is 0.149 e. The second-order valence-electron chi connectivity index (χ2n) is 7.19. The highest BCUT2D eigenvalue weighted by atomic mass is 35.5. The van der Waals surface area contributed by atoms with Gasteiger partial charge in [0.15, 0.2) is 0 Å². The van der Waals surface area contributed by atoms with E-state index in [9.17, 15) is 4.79 Å². The number of hydrogen-bond acceptors (Lipinski definition) is 3. The van der Waals surface area contributed by atoms with Crippen LogP contribution in [-0.2, 0) is 4.79 Å². The third-order valence-corrected chi connectivity index (χ3v) is 5.42. The lowest BCUT2D eigenvalue weighted by Gasteiger charge is -2.64. The molecular weight excluding hydrogens is 272 g/mol. The molecule has 4 heteroatoms. The van der Waals surface area contributed by atoms with Crippen LogP contribution in [0.4, 0.5) is 0 Å². The van der Waals surface area contributed by atoms with Gasteiger partial charge in [0.25, 0.3) is 0 Å². The first kappa shape index (κ1) is 12.8. The third-order valence-electron chi connectivity index (χ3n) is 5.16. The molecule has 4 bridgehead atoms. The zero-order valence-electron chi connectivity index (χ0n) is 11.9. The molecule has 4 aliphatic rings. The molecule has 4 heterocycles. The zero-order valence-corrected chi connectivity index (χ0v) is 12.7. The highest BCUT2D eigenvalue weighted by Gasteiger charge is 2.61. The lowest BCUT2D eigenvalue weighted by Crippen LogP contribution is -2.75. The number of nitrogens with zero attached hydrogens (tertiary/aromatic N) is 2. The van der Waals surface area contributed by atoms with Crippen LogP contribution < -0.4 is 0 Å². The molecule has 1 aromatic carbocycles. The van der Waals surface area contributed by atoms with Gasteiger partial charge in [-0.15, -0.1) is 0 Å². The van der Waals surface area contributed by atoms with Gasteiger partial charge in [0.2, 0.25) is 0 Å². The van der Waals surface area contributed by atoms with Gasteiger partial charge in [-0.25, -0.2) is 0 Å². The molecule has 5 rings (SSSR count). The number of halogens is 1. The first-order chi connectivity index (χ1) is 9.41. The highest BCUT2D eigenvalue weighted by Crippen LogP contribution is 2.51. The van der Waals surface area contributed by atoms with Crippen LogP contribution >= 0.6 is 11.6 Å². The fourth-order valence-corrected chi connectivity index (χ4v) is 4.78. The van der Waals surface area contributed by atoms with Gasteiger partial charge in [-0.2, -0.15) is 0 Å². The molecule has 3 nitrogen and oxygen atoms in total. The Bertz CT molecular complexity index is 543. The molecule has 0 atom stereocenters. The number of piperidine rings is 2. The van der Waals surface area contributed by atoms with Crippen LogP contribution in [0.1, 0.15) is 25.6 Å². The summed E-state index contributed by atoms with van der Waals surface area (Å²) < 4.78 is 0. The average molecular weight is 291 g/mol. The molecule has 0 N–H and O–H groups in total. The fourth-order valence-electron chi connectivity index (χ4n) is 4.65. The van der Waals surface area contributed by atoms with Gasteiger partial charge < -0.3 is 0 Å².